The minimum absolute atomic E-state index is 0.251. The molecule has 0 aromatic heterocycles. The van der Waals surface area contributed by atoms with Gasteiger partial charge in [0, 0.05) is 5.56 Å². The fourth-order valence-corrected chi connectivity index (χ4v) is 4.14. The van der Waals surface area contributed by atoms with Crippen LogP contribution in [0.2, 0.25) is 0 Å². The van der Waals surface area contributed by atoms with Gasteiger partial charge >= 0.3 is 11.9 Å². The normalized spacial score (nSPS) is 13.9. The molecule has 6 nitrogen and oxygen atoms in total. The summed E-state index contributed by atoms with van der Waals surface area (Å²) in [7, 11) is 0. The van der Waals surface area contributed by atoms with Crippen molar-refractivity contribution in [1.29, 1.82) is 0 Å². The Hall–Kier alpha value is -4.19. The Balaban J connectivity index is 1.85. The Labute approximate surface area is 204 Å². The molecule has 6 heteroatoms. The van der Waals surface area contributed by atoms with E-state index in [0.717, 1.165) is 33.4 Å². The fourth-order valence-electron chi connectivity index (χ4n) is 4.14. The number of aryl methyl sites for hydroxylation is 6. The molecule has 0 saturated heterocycles. The van der Waals surface area contributed by atoms with Crippen LogP contribution >= 0.6 is 0 Å². The van der Waals surface area contributed by atoms with Crippen molar-refractivity contribution in [1.82, 2.24) is 0 Å². The Morgan fingerprint density at radius 1 is 0.771 bits per heavy atom. The van der Waals surface area contributed by atoms with E-state index in [1.54, 1.807) is 36.4 Å². The first-order valence-corrected chi connectivity index (χ1v) is 11.3. The van der Waals surface area contributed by atoms with E-state index in [1.807, 2.05) is 53.7 Å². The fraction of sp³-hybridized carbons (Fsp3) is 0.207. The average molecular weight is 470 g/mol. The largest absolute Gasteiger partial charge is 0.422 e. The van der Waals surface area contributed by atoms with Crippen molar-refractivity contribution >= 4 is 23.4 Å². The zero-order valence-corrected chi connectivity index (χ0v) is 20.7. The molecule has 1 aliphatic rings. The van der Waals surface area contributed by atoms with E-state index in [2.05, 4.69) is 5.32 Å². The number of carbonyl (C=O) groups excluding carboxylic acids is 3. The lowest BCUT2D eigenvalue weighted by Crippen LogP contribution is -2.31. The average Bonchev–Trinajstić information content (AvgIpc) is 2.78. The van der Waals surface area contributed by atoms with E-state index in [0.29, 0.717) is 17.2 Å². The van der Waals surface area contributed by atoms with E-state index in [1.165, 1.54) is 0 Å². The van der Waals surface area contributed by atoms with Crippen LogP contribution in [0.1, 0.15) is 43.7 Å². The van der Waals surface area contributed by atoms with Crippen LogP contribution in [-0.2, 0) is 9.59 Å². The van der Waals surface area contributed by atoms with E-state index >= 15 is 0 Å². The second-order valence-electron chi connectivity index (χ2n) is 9.01. The standard InChI is InChI=1S/C29H27NO5/c1-15-7-10-23-22(13-15)30-25(29(33)34-23)24(26(31)21-9-8-17(3)18(4)14-21)28(32)35-27-19(5)11-16(2)12-20(27)6/h7-14,30H,1-6H3. The van der Waals surface area contributed by atoms with Gasteiger partial charge < -0.3 is 14.8 Å². The maximum atomic E-state index is 13.7. The van der Waals surface area contributed by atoms with Gasteiger partial charge in [-0.25, -0.2) is 9.59 Å². The number of benzene rings is 3. The Morgan fingerprint density at radius 2 is 1.46 bits per heavy atom. The lowest BCUT2D eigenvalue weighted by atomic mass is 9.97. The molecule has 4 rings (SSSR count). The van der Waals surface area contributed by atoms with Crippen LogP contribution in [-0.4, -0.2) is 17.7 Å². The summed E-state index contributed by atoms with van der Waals surface area (Å²) < 4.78 is 11.2. The summed E-state index contributed by atoms with van der Waals surface area (Å²) in [4.78, 5) is 40.2. The highest BCUT2D eigenvalue weighted by atomic mass is 16.5. The van der Waals surface area contributed by atoms with Gasteiger partial charge in [0.2, 0.25) is 5.78 Å². The van der Waals surface area contributed by atoms with Gasteiger partial charge in [-0.2, -0.15) is 0 Å². The molecule has 0 atom stereocenters. The molecule has 0 bridgehead atoms. The number of hydrogen-bond acceptors (Lipinski definition) is 6. The first-order chi connectivity index (χ1) is 16.5. The topological polar surface area (TPSA) is 81.7 Å². The summed E-state index contributed by atoms with van der Waals surface area (Å²) >= 11 is 0. The number of nitrogens with one attached hydrogen (secondary N) is 1. The maximum absolute atomic E-state index is 13.7. The molecule has 0 spiro atoms. The number of hydrogen-bond donors (Lipinski definition) is 1. The summed E-state index contributed by atoms with van der Waals surface area (Å²) in [5.41, 5.74) is 5.43. The van der Waals surface area contributed by atoms with E-state index < -0.39 is 23.3 Å². The summed E-state index contributed by atoms with van der Waals surface area (Å²) in [5, 5.41) is 2.95. The number of Topliss-reactive ketones (excluding diaryl/α,β-unsaturated/α-hetero) is 1. The predicted octanol–water partition coefficient (Wildman–Crippen LogP) is 5.61. The van der Waals surface area contributed by atoms with Crippen LogP contribution < -0.4 is 14.8 Å². The van der Waals surface area contributed by atoms with Crippen molar-refractivity contribution in [2.45, 2.75) is 41.5 Å². The first-order valence-electron chi connectivity index (χ1n) is 11.3. The lowest BCUT2D eigenvalue weighted by Gasteiger charge is -2.22. The summed E-state index contributed by atoms with van der Waals surface area (Å²) in [6.07, 6.45) is 0. The molecule has 0 unspecified atom stereocenters. The summed E-state index contributed by atoms with van der Waals surface area (Å²) in [5.74, 6) is -1.72. The van der Waals surface area contributed by atoms with Gasteiger partial charge in [0.15, 0.2) is 5.75 Å². The predicted molar refractivity (Wildman–Crippen MR) is 134 cm³/mol. The second kappa shape index (κ2) is 9.22. The molecule has 3 aromatic carbocycles. The van der Waals surface area contributed by atoms with Crippen LogP contribution in [0.5, 0.6) is 11.5 Å². The molecule has 0 saturated carbocycles. The van der Waals surface area contributed by atoms with Gasteiger partial charge in [-0.15, -0.1) is 0 Å². The maximum Gasteiger partial charge on any atom is 0.361 e. The number of anilines is 1. The second-order valence-corrected chi connectivity index (χ2v) is 9.01. The molecule has 0 amide bonds. The van der Waals surface area contributed by atoms with Gasteiger partial charge in [-0.05, 0) is 87.6 Å². The molecule has 1 heterocycles. The quantitative estimate of drug-likeness (QED) is 0.134. The first kappa shape index (κ1) is 24.0. The van der Waals surface area contributed by atoms with Gasteiger partial charge in [0.05, 0.1) is 5.69 Å². The van der Waals surface area contributed by atoms with Crippen molar-refractivity contribution in [3.8, 4) is 11.5 Å². The molecule has 0 fully saturated rings. The van der Waals surface area contributed by atoms with Gasteiger partial charge in [-0.1, -0.05) is 35.9 Å². The number of carbonyl (C=O) groups is 3. The summed E-state index contributed by atoms with van der Waals surface area (Å²) in [6.45, 7) is 11.3. The van der Waals surface area contributed by atoms with Gasteiger partial charge in [0.25, 0.3) is 0 Å². The van der Waals surface area contributed by atoms with Crippen molar-refractivity contribution < 1.29 is 23.9 Å². The van der Waals surface area contributed by atoms with Crippen molar-refractivity contribution in [3.05, 3.63) is 98.7 Å². The van der Waals surface area contributed by atoms with E-state index in [9.17, 15) is 14.4 Å². The van der Waals surface area contributed by atoms with Crippen LogP contribution in [0, 0.1) is 41.5 Å². The molecule has 1 N–H and O–H groups in total. The smallest absolute Gasteiger partial charge is 0.361 e. The van der Waals surface area contributed by atoms with Gasteiger partial charge in [-0.3, -0.25) is 4.79 Å². The minimum Gasteiger partial charge on any atom is -0.422 e. The Morgan fingerprint density at radius 3 is 2.11 bits per heavy atom. The highest BCUT2D eigenvalue weighted by Gasteiger charge is 2.34. The van der Waals surface area contributed by atoms with Crippen LogP contribution in [0.4, 0.5) is 5.69 Å². The SMILES string of the molecule is Cc1cc(C)c(OC(=O)C(C(=O)c2ccc(C)c(C)c2)=C2Nc3cc(C)ccc3OC2=O)c(C)c1. The van der Waals surface area contributed by atoms with Crippen LogP contribution in [0.3, 0.4) is 0 Å². The molecule has 3 aromatic rings. The third-order valence-electron chi connectivity index (χ3n) is 6.05. The Bertz CT molecular complexity index is 1410. The molecule has 35 heavy (non-hydrogen) atoms. The minimum atomic E-state index is -0.932. The zero-order valence-electron chi connectivity index (χ0n) is 20.7. The van der Waals surface area contributed by atoms with Crippen molar-refractivity contribution in [2.24, 2.45) is 0 Å². The van der Waals surface area contributed by atoms with Crippen molar-refractivity contribution in [3.63, 3.8) is 0 Å². The number of rotatable bonds is 4. The molecule has 0 radical (unpaired) electrons. The molecular formula is C29H27NO5. The van der Waals surface area contributed by atoms with Crippen LogP contribution in [0.15, 0.2) is 59.8 Å². The highest BCUT2D eigenvalue weighted by Crippen LogP contribution is 2.34. The van der Waals surface area contributed by atoms with E-state index in [4.69, 9.17) is 9.47 Å². The highest BCUT2D eigenvalue weighted by molar-refractivity contribution is 6.28. The number of fused-ring (bicyclic) bond motifs is 1. The zero-order chi connectivity index (χ0) is 25.4. The molecule has 0 aliphatic carbocycles. The molecule has 178 valence electrons. The molecular weight excluding hydrogens is 442 g/mol. The van der Waals surface area contributed by atoms with Crippen molar-refractivity contribution in [2.75, 3.05) is 5.32 Å². The number of ketones is 1. The van der Waals surface area contributed by atoms with Gasteiger partial charge in [0.1, 0.15) is 17.0 Å². The van der Waals surface area contributed by atoms with E-state index in [-0.39, 0.29) is 11.3 Å². The lowest BCUT2D eigenvalue weighted by molar-refractivity contribution is -0.133. The van der Waals surface area contributed by atoms with Crippen LogP contribution in [0.25, 0.3) is 0 Å². The Kier molecular flexibility index (Phi) is 6.31. The third-order valence-corrected chi connectivity index (χ3v) is 6.05. The number of ether oxygens (including phenoxy) is 2. The molecule has 1 aliphatic heterocycles. The third kappa shape index (κ3) is 4.73. The number of esters is 2. The monoisotopic (exact) mass is 469 g/mol. The summed E-state index contributed by atoms with van der Waals surface area (Å²) in [6, 6.07) is 14.2.